The van der Waals surface area contributed by atoms with Gasteiger partial charge < -0.3 is 99.8 Å². The van der Waals surface area contributed by atoms with Crippen molar-refractivity contribution in [2.24, 2.45) is 0 Å². The Kier molecular flexibility index (Phi) is 16.9. The van der Waals surface area contributed by atoms with Crippen LogP contribution in [0.1, 0.15) is 6.92 Å². The first kappa shape index (κ1) is 42.8. The van der Waals surface area contributed by atoms with Crippen LogP contribution in [0.5, 0.6) is 0 Å². The first-order chi connectivity index (χ1) is 22.3. The Morgan fingerprint density at radius 1 is 0.562 bits per heavy atom. The molecule has 4 heterocycles. The summed E-state index contributed by atoms with van der Waals surface area (Å²) in [6.07, 6.45) is -29.7. The fourth-order valence-corrected chi connectivity index (χ4v) is 5.76. The number of hydrogen-bond acceptors (Lipinski definition) is 19. The van der Waals surface area contributed by atoms with Crippen molar-refractivity contribution in [2.75, 3.05) is 26.4 Å². The average molecular weight is 916 g/mol. The van der Waals surface area contributed by atoms with Crippen LogP contribution in [-0.4, -0.2) is 205 Å². The molecule has 0 aromatic rings. The maximum atomic E-state index is 11.0. The van der Waals surface area contributed by atoms with E-state index in [0.29, 0.717) is 0 Å². The smallest absolute Gasteiger partial charge is 0.187 e. The molecule has 4 aliphatic rings. The van der Waals surface area contributed by atoms with Crippen LogP contribution in [0.15, 0.2) is 12.7 Å². The van der Waals surface area contributed by atoms with Gasteiger partial charge in [-0.3, -0.25) is 0 Å². The van der Waals surface area contributed by atoms with Crippen molar-refractivity contribution in [3.8, 4) is 0 Å². The zero-order valence-electron chi connectivity index (χ0n) is 25.9. The quantitative estimate of drug-likeness (QED) is 0.0811. The van der Waals surface area contributed by atoms with Crippen LogP contribution in [0, 0.1) is 44.1 Å². The van der Waals surface area contributed by atoms with Gasteiger partial charge in [0.05, 0.1) is 38.6 Å². The molecule has 13 unspecified atom stereocenters. The molecule has 12 N–H and O–H groups in total. The summed E-state index contributed by atoms with van der Waals surface area (Å²) in [5, 5.41) is 114. The molecular formula is C27H46AcNO19-. The number of aliphatic hydroxyl groups excluding tert-OH is 11. The normalized spacial score (nSPS) is 50.0. The van der Waals surface area contributed by atoms with E-state index >= 15 is 0 Å². The summed E-state index contributed by atoms with van der Waals surface area (Å²) in [4.78, 5) is 0. The summed E-state index contributed by atoms with van der Waals surface area (Å²) in [5.74, 6) is 0. The fourth-order valence-electron chi connectivity index (χ4n) is 5.76. The van der Waals surface area contributed by atoms with Crippen LogP contribution < -0.4 is 0 Å². The van der Waals surface area contributed by atoms with Gasteiger partial charge in [-0.15, -0.1) is 6.58 Å². The zero-order chi connectivity index (χ0) is 34.7. The zero-order valence-corrected chi connectivity index (χ0v) is 30.7. The van der Waals surface area contributed by atoms with Crippen molar-refractivity contribution < 1.29 is 138 Å². The van der Waals surface area contributed by atoms with E-state index in [1.165, 1.54) is 13.0 Å². The van der Waals surface area contributed by atoms with E-state index in [-0.39, 0.29) is 50.7 Å². The molecule has 0 aromatic heterocycles. The van der Waals surface area contributed by atoms with Crippen molar-refractivity contribution >= 4 is 0 Å². The molecule has 0 spiro atoms. The monoisotopic (exact) mass is 915 g/mol. The number of ether oxygens (including phenoxy) is 8. The minimum Gasteiger partial charge on any atom is -0.668 e. The first-order valence-electron chi connectivity index (χ1n) is 15.1. The largest absolute Gasteiger partial charge is 0.668 e. The fraction of sp³-hybridized carbons (Fsp3) is 0.926. The average Bonchev–Trinajstić information content (AvgIpc) is 3.06. The van der Waals surface area contributed by atoms with E-state index in [1.54, 1.807) is 0 Å². The number of nitrogens with one attached hydrogen (secondary N) is 1. The van der Waals surface area contributed by atoms with Gasteiger partial charge in [0.15, 0.2) is 18.9 Å². The Labute approximate surface area is 311 Å². The Morgan fingerprint density at radius 3 is 1.65 bits per heavy atom. The third kappa shape index (κ3) is 9.11. The molecule has 4 rings (SSSR count). The molecule has 0 amide bonds. The van der Waals surface area contributed by atoms with Gasteiger partial charge in [0, 0.05) is 44.1 Å². The molecule has 4 saturated heterocycles. The summed E-state index contributed by atoms with van der Waals surface area (Å²) < 4.78 is 44.7. The third-order valence-corrected chi connectivity index (χ3v) is 8.56. The van der Waals surface area contributed by atoms with E-state index in [1.807, 2.05) is 0 Å². The van der Waals surface area contributed by atoms with Crippen molar-refractivity contribution in [3.63, 3.8) is 0 Å². The molecule has 1 radical (unpaired) electrons. The van der Waals surface area contributed by atoms with Crippen molar-refractivity contribution in [2.45, 2.75) is 130 Å². The van der Waals surface area contributed by atoms with Gasteiger partial charge in [0.25, 0.3) is 0 Å². The van der Waals surface area contributed by atoms with Crippen LogP contribution >= 0.6 is 0 Å². The van der Waals surface area contributed by atoms with E-state index in [0.717, 1.165) is 0 Å². The second-order valence-corrected chi connectivity index (χ2v) is 11.8. The van der Waals surface area contributed by atoms with Gasteiger partial charge in [-0.25, -0.2) is 0 Å². The topological polar surface area (TPSA) is 320 Å². The molecule has 4 aliphatic heterocycles. The Hall–Kier alpha value is 0.382. The molecule has 48 heavy (non-hydrogen) atoms. The van der Waals surface area contributed by atoms with Crippen LogP contribution in [0.2, 0.25) is 0 Å². The Morgan fingerprint density at radius 2 is 1.06 bits per heavy atom. The predicted octanol–water partition coefficient (Wildman–Crippen LogP) is -6.45. The van der Waals surface area contributed by atoms with Crippen molar-refractivity contribution in [1.29, 1.82) is 0 Å². The molecule has 20 atom stereocenters. The summed E-state index contributed by atoms with van der Waals surface area (Å²) >= 11 is 0. The summed E-state index contributed by atoms with van der Waals surface area (Å²) in [5.41, 5.74) is 8.83. The standard InChI is InChI=1S/C27H46NO19.Ac/c1-3-4-40-25-20(39)22(16(35)11(7-31)43-25)46-24-12(28)21(15(34)10(6-30)42-24)45-27-23(18(37)14(33)9(5-29)44-27)47-26-19(38)17(36)13(32)8(2)41-26;/h3,8-39H,1,4-7H2,2H3;/q-1;/t8?,9?,10?,11?,12?,13-,14+,15+,16+,17?,18?,19?,20?,21?,22?,23?,24?,25-,26+,27+;/m1./s1. The molecule has 20 nitrogen and oxygen atoms in total. The van der Waals surface area contributed by atoms with Crippen LogP contribution in [0.3, 0.4) is 0 Å². The van der Waals surface area contributed by atoms with Crippen molar-refractivity contribution in [1.82, 2.24) is 0 Å². The van der Waals surface area contributed by atoms with Crippen LogP contribution in [-0.2, 0) is 37.9 Å². The Bertz CT molecular complexity index is 991. The van der Waals surface area contributed by atoms with Gasteiger partial charge in [0.1, 0.15) is 85.6 Å². The second-order valence-electron chi connectivity index (χ2n) is 11.8. The molecule has 4 fully saturated rings. The second kappa shape index (κ2) is 18.9. The molecular weight excluding hydrogens is 869 g/mol. The third-order valence-electron chi connectivity index (χ3n) is 8.56. The number of rotatable bonds is 12. The molecule has 0 bridgehead atoms. The van der Waals surface area contributed by atoms with Gasteiger partial charge in [-0.2, -0.15) is 0 Å². The van der Waals surface area contributed by atoms with Crippen LogP contribution in [0.4, 0.5) is 0 Å². The minimum absolute atomic E-state index is 0. The SMILES string of the molecule is C=CCO[C@@H]1OC(CO)[C@H](O)C(OC2OC(CO)[C@H](O)C(O[C@@H]3OC(CO)[C@H](O)C(O)C3O[C@@H]3OC(C)[C@@H](O)C(O)C3O)C2[NH-])C1O.[Ac]. The van der Waals surface area contributed by atoms with E-state index in [9.17, 15) is 56.2 Å². The molecule has 0 aliphatic carbocycles. The summed E-state index contributed by atoms with van der Waals surface area (Å²) in [6, 6.07) is -1.76. The van der Waals surface area contributed by atoms with E-state index in [2.05, 4.69) is 6.58 Å². The van der Waals surface area contributed by atoms with Gasteiger partial charge >= 0.3 is 0 Å². The van der Waals surface area contributed by atoms with Crippen molar-refractivity contribution in [3.05, 3.63) is 18.4 Å². The molecule has 21 heteroatoms. The molecule has 0 aromatic carbocycles. The van der Waals surface area contributed by atoms with Crippen LogP contribution in [0.25, 0.3) is 5.73 Å². The first-order valence-corrected chi connectivity index (χ1v) is 15.1. The summed E-state index contributed by atoms with van der Waals surface area (Å²) in [6.45, 7) is 2.40. The minimum atomic E-state index is -1.90. The maximum absolute atomic E-state index is 11.0. The van der Waals surface area contributed by atoms with Gasteiger partial charge in [-0.05, 0) is 6.92 Å². The van der Waals surface area contributed by atoms with Gasteiger partial charge in [-0.1, -0.05) is 12.1 Å². The predicted molar refractivity (Wildman–Crippen MR) is 149 cm³/mol. The van der Waals surface area contributed by atoms with E-state index in [4.69, 9.17) is 43.6 Å². The van der Waals surface area contributed by atoms with E-state index < -0.39 is 143 Å². The van der Waals surface area contributed by atoms with Gasteiger partial charge in [0.2, 0.25) is 0 Å². The molecule has 277 valence electrons. The number of aliphatic hydroxyl groups is 11. The maximum Gasteiger partial charge on any atom is 0.187 e. The Balaban J connectivity index is 0.00000625. The number of hydrogen-bond donors (Lipinski definition) is 11. The molecule has 0 saturated carbocycles. The summed E-state index contributed by atoms with van der Waals surface area (Å²) in [7, 11) is 0.